The van der Waals surface area contributed by atoms with E-state index in [0.29, 0.717) is 32.8 Å². The van der Waals surface area contributed by atoms with Crippen molar-refractivity contribution < 1.29 is 18.7 Å². The fraction of sp³-hybridized carbons (Fsp3) is 0.250. The third kappa shape index (κ3) is 4.50. The third-order valence-corrected chi connectivity index (χ3v) is 3.48. The van der Waals surface area contributed by atoms with E-state index in [-0.39, 0.29) is 0 Å². The number of aryl methyl sites for hydroxylation is 2. The molecule has 5 nitrogen and oxygen atoms in total. The predicted molar refractivity (Wildman–Crippen MR) is 88.2 cm³/mol. The first-order valence-electron chi connectivity index (χ1n) is 6.81. The molecule has 1 atom stereocenters. The molecule has 1 heterocycles. The van der Waals surface area contributed by atoms with Crippen LogP contribution in [0.25, 0.3) is 0 Å². The molecule has 1 aromatic heterocycles. The lowest BCUT2D eigenvalue weighted by molar-refractivity contribution is -0.123. The Kier molecular flexibility index (Phi) is 5.34. The molecule has 1 amide bonds. The molecule has 0 radical (unpaired) electrons. The predicted octanol–water partition coefficient (Wildman–Crippen LogP) is 4.39. The van der Waals surface area contributed by atoms with Gasteiger partial charge in [-0.3, -0.25) is 4.79 Å². The van der Waals surface area contributed by atoms with Crippen LogP contribution in [0.15, 0.2) is 28.7 Å². The Morgan fingerprint density at radius 2 is 1.74 bits per heavy atom. The summed E-state index contributed by atoms with van der Waals surface area (Å²) in [5, 5.41) is 3.37. The van der Waals surface area contributed by atoms with Crippen molar-refractivity contribution in [2.24, 2.45) is 0 Å². The van der Waals surface area contributed by atoms with Gasteiger partial charge in [-0.15, -0.1) is 0 Å². The van der Waals surface area contributed by atoms with Crippen LogP contribution in [0.3, 0.4) is 0 Å². The van der Waals surface area contributed by atoms with Crippen molar-refractivity contribution in [3.63, 3.8) is 0 Å². The Bertz CT molecular complexity index is 734. The van der Waals surface area contributed by atoms with Gasteiger partial charge in [0.1, 0.15) is 17.1 Å². The van der Waals surface area contributed by atoms with Crippen LogP contribution in [0.1, 0.15) is 28.8 Å². The van der Waals surface area contributed by atoms with Gasteiger partial charge in [0.25, 0.3) is 5.91 Å². The normalized spacial score (nSPS) is 11.9. The zero-order valence-electron chi connectivity index (χ0n) is 12.8. The molecule has 0 saturated heterocycles. The summed E-state index contributed by atoms with van der Waals surface area (Å²) in [6, 6.07) is 6.21. The Morgan fingerprint density at radius 3 is 2.26 bits per heavy atom. The highest BCUT2D eigenvalue weighted by atomic mass is 35.5. The van der Waals surface area contributed by atoms with Crippen molar-refractivity contribution in [1.29, 1.82) is 0 Å². The van der Waals surface area contributed by atoms with E-state index in [1.165, 1.54) is 6.92 Å². The van der Waals surface area contributed by atoms with Gasteiger partial charge in [0.2, 0.25) is 0 Å². The molecule has 1 aromatic carbocycles. The minimum atomic E-state index is -0.991. The number of amides is 1. The molecular weight excluding hydrogens is 341 g/mol. The lowest BCUT2D eigenvalue weighted by Crippen LogP contribution is -2.30. The van der Waals surface area contributed by atoms with Gasteiger partial charge in [0.05, 0.1) is 0 Å². The van der Waals surface area contributed by atoms with Crippen molar-refractivity contribution in [3.05, 3.63) is 51.4 Å². The Balaban J connectivity index is 2.02. The standard InChI is InChI=1S/C16H15Cl2NO4/c1-8-4-14(9(2)22-8)16(21)23-10(3)15(20)19-13-6-11(17)5-12(18)7-13/h4-7,10H,1-3H3,(H,19,20). The number of furan rings is 1. The van der Waals surface area contributed by atoms with Crippen LogP contribution in [0, 0.1) is 13.8 Å². The smallest absolute Gasteiger partial charge is 0.342 e. The average molecular weight is 356 g/mol. The van der Waals surface area contributed by atoms with Crippen molar-refractivity contribution in [1.82, 2.24) is 0 Å². The summed E-state index contributed by atoms with van der Waals surface area (Å²) in [7, 11) is 0. The summed E-state index contributed by atoms with van der Waals surface area (Å²) >= 11 is 11.7. The zero-order valence-corrected chi connectivity index (χ0v) is 14.3. The molecule has 0 saturated carbocycles. The molecule has 0 aliphatic heterocycles. The minimum absolute atomic E-state index is 0.299. The van der Waals surface area contributed by atoms with Gasteiger partial charge in [-0.25, -0.2) is 4.79 Å². The number of carbonyl (C=O) groups is 2. The second-order valence-electron chi connectivity index (χ2n) is 5.02. The van der Waals surface area contributed by atoms with E-state index in [4.69, 9.17) is 32.4 Å². The van der Waals surface area contributed by atoms with Gasteiger partial charge in [0, 0.05) is 15.7 Å². The molecule has 0 spiro atoms. The fourth-order valence-corrected chi connectivity index (χ4v) is 2.51. The average Bonchev–Trinajstić information content (AvgIpc) is 2.76. The maximum Gasteiger partial charge on any atom is 0.342 e. The Hall–Kier alpha value is -1.98. The number of nitrogens with one attached hydrogen (secondary N) is 1. The Labute approximate surface area is 143 Å². The van der Waals surface area contributed by atoms with Crippen molar-refractivity contribution >= 4 is 40.8 Å². The molecule has 0 bridgehead atoms. The van der Waals surface area contributed by atoms with Crippen LogP contribution in [0.5, 0.6) is 0 Å². The van der Waals surface area contributed by atoms with Crippen molar-refractivity contribution in [2.45, 2.75) is 26.9 Å². The molecular formula is C16H15Cl2NO4. The second kappa shape index (κ2) is 7.06. The number of hydrogen-bond acceptors (Lipinski definition) is 4. The van der Waals surface area contributed by atoms with Crippen LogP contribution in [0.2, 0.25) is 10.0 Å². The van der Waals surface area contributed by atoms with E-state index in [2.05, 4.69) is 5.32 Å². The molecule has 0 fully saturated rings. The molecule has 0 aliphatic rings. The van der Waals surface area contributed by atoms with E-state index in [0.717, 1.165) is 0 Å². The first-order valence-corrected chi connectivity index (χ1v) is 7.57. The monoisotopic (exact) mass is 355 g/mol. The SMILES string of the molecule is Cc1cc(C(=O)OC(C)C(=O)Nc2cc(Cl)cc(Cl)c2)c(C)o1. The highest BCUT2D eigenvalue weighted by molar-refractivity contribution is 6.35. The van der Waals surface area contributed by atoms with Gasteiger partial charge < -0.3 is 14.5 Å². The number of anilines is 1. The van der Waals surface area contributed by atoms with E-state index >= 15 is 0 Å². The summed E-state index contributed by atoms with van der Waals surface area (Å²) in [5.74, 6) is -0.0671. The minimum Gasteiger partial charge on any atom is -0.466 e. The molecule has 2 aromatic rings. The molecule has 7 heteroatoms. The quantitative estimate of drug-likeness (QED) is 0.825. The van der Waals surface area contributed by atoms with Gasteiger partial charge in [0.15, 0.2) is 6.10 Å². The summed E-state index contributed by atoms with van der Waals surface area (Å²) in [4.78, 5) is 24.1. The van der Waals surface area contributed by atoms with Crippen LogP contribution in [-0.4, -0.2) is 18.0 Å². The highest BCUT2D eigenvalue weighted by Gasteiger charge is 2.22. The van der Waals surface area contributed by atoms with E-state index < -0.39 is 18.0 Å². The number of rotatable bonds is 4. The first-order chi connectivity index (χ1) is 10.8. The van der Waals surface area contributed by atoms with Crippen LogP contribution < -0.4 is 5.32 Å². The summed E-state index contributed by atoms with van der Waals surface area (Å²) < 4.78 is 10.4. The molecule has 23 heavy (non-hydrogen) atoms. The van der Waals surface area contributed by atoms with Gasteiger partial charge in [-0.05, 0) is 45.0 Å². The van der Waals surface area contributed by atoms with E-state index in [1.807, 2.05) is 0 Å². The molecule has 122 valence electrons. The Morgan fingerprint density at radius 1 is 1.13 bits per heavy atom. The van der Waals surface area contributed by atoms with Crippen LogP contribution in [-0.2, 0) is 9.53 Å². The fourth-order valence-electron chi connectivity index (χ4n) is 1.98. The third-order valence-electron chi connectivity index (χ3n) is 3.04. The van der Waals surface area contributed by atoms with E-state index in [9.17, 15) is 9.59 Å². The molecule has 0 aliphatic carbocycles. The lowest BCUT2D eigenvalue weighted by atomic mass is 10.2. The largest absolute Gasteiger partial charge is 0.466 e. The number of halogens is 2. The maximum absolute atomic E-state index is 12.1. The zero-order chi connectivity index (χ0) is 17.1. The number of benzene rings is 1. The lowest BCUT2D eigenvalue weighted by Gasteiger charge is -2.13. The molecule has 1 N–H and O–H groups in total. The number of esters is 1. The summed E-state index contributed by atoms with van der Waals surface area (Å²) in [6.45, 7) is 4.85. The topological polar surface area (TPSA) is 68.5 Å². The van der Waals surface area contributed by atoms with Gasteiger partial charge >= 0.3 is 5.97 Å². The highest BCUT2D eigenvalue weighted by Crippen LogP contribution is 2.23. The summed E-state index contributed by atoms with van der Waals surface area (Å²) in [6.07, 6.45) is -0.991. The van der Waals surface area contributed by atoms with Crippen LogP contribution >= 0.6 is 23.2 Å². The van der Waals surface area contributed by atoms with Crippen molar-refractivity contribution in [2.75, 3.05) is 5.32 Å². The first kappa shape index (κ1) is 17.4. The maximum atomic E-state index is 12.1. The van der Waals surface area contributed by atoms with E-state index in [1.54, 1.807) is 38.1 Å². The van der Waals surface area contributed by atoms with Crippen LogP contribution in [0.4, 0.5) is 5.69 Å². The second-order valence-corrected chi connectivity index (χ2v) is 5.89. The van der Waals surface area contributed by atoms with Gasteiger partial charge in [-0.1, -0.05) is 23.2 Å². The number of carbonyl (C=O) groups excluding carboxylic acids is 2. The van der Waals surface area contributed by atoms with Gasteiger partial charge in [-0.2, -0.15) is 0 Å². The molecule has 2 rings (SSSR count). The number of ether oxygens (including phenoxy) is 1. The number of hydrogen-bond donors (Lipinski definition) is 1. The summed E-state index contributed by atoms with van der Waals surface area (Å²) in [5.41, 5.74) is 0.721. The molecule has 1 unspecified atom stereocenters. The van der Waals surface area contributed by atoms with Crippen molar-refractivity contribution in [3.8, 4) is 0 Å².